The number of ether oxygens (including phenoxy) is 4. The molecule has 1 atom stereocenters. The van der Waals surface area contributed by atoms with Gasteiger partial charge in [-0.25, -0.2) is 14.4 Å². The molecular weight excluding hydrogens is 474 g/mol. The van der Waals surface area contributed by atoms with E-state index in [1.807, 2.05) is 0 Å². The van der Waals surface area contributed by atoms with Gasteiger partial charge in [-0.05, 0) is 0 Å². The highest BCUT2D eigenvalue weighted by Gasteiger charge is 2.31. The van der Waals surface area contributed by atoms with Crippen LogP contribution >= 0.6 is 0 Å². The summed E-state index contributed by atoms with van der Waals surface area (Å²) in [6.07, 6.45) is 0.264. The van der Waals surface area contributed by atoms with Crippen LogP contribution in [0, 0.1) is 6.07 Å². The monoisotopic (exact) mass is 498 g/mol. The fourth-order valence-corrected chi connectivity index (χ4v) is 2.83. The Labute approximate surface area is 197 Å². The SMILES string of the molecule is O=C(CC(O)CO)Oc1[c]c2c(C(=O)OCCO)c(C(=O)OCCO)c(C(=O)OCCO)cn2c1. The van der Waals surface area contributed by atoms with Crippen LogP contribution in [0.15, 0.2) is 12.4 Å². The van der Waals surface area contributed by atoms with Crippen LogP contribution in [0.3, 0.4) is 0 Å². The molecule has 0 aliphatic rings. The normalized spacial score (nSPS) is 11.7. The second kappa shape index (κ2) is 13.4. The molecule has 0 saturated carbocycles. The van der Waals surface area contributed by atoms with Crippen LogP contribution in [0.25, 0.3) is 5.52 Å². The number of fused-ring (bicyclic) bond motifs is 1. The number of nitrogens with zero attached hydrogens (tertiary/aromatic N) is 1. The molecule has 1 radical (unpaired) electrons. The van der Waals surface area contributed by atoms with Gasteiger partial charge >= 0.3 is 23.9 Å². The first-order valence-electron chi connectivity index (χ1n) is 10.2. The van der Waals surface area contributed by atoms with Crippen molar-refractivity contribution in [1.29, 1.82) is 0 Å². The average Bonchev–Trinajstić information content (AvgIpc) is 3.24. The summed E-state index contributed by atoms with van der Waals surface area (Å²) in [6.45, 7) is -3.68. The lowest BCUT2D eigenvalue weighted by molar-refractivity contribution is -0.137. The van der Waals surface area contributed by atoms with E-state index in [-0.39, 0.29) is 11.3 Å². The molecule has 2 aromatic rings. The van der Waals surface area contributed by atoms with Gasteiger partial charge in [0.1, 0.15) is 19.8 Å². The lowest BCUT2D eigenvalue weighted by Gasteiger charge is -2.15. The Kier molecular flexibility index (Phi) is 10.6. The molecule has 14 heteroatoms. The number of carbonyl (C=O) groups excluding carboxylic acids is 4. The lowest BCUT2D eigenvalue weighted by Crippen LogP contribution is -2.23. The zero-order chi connectivity index (χ0) is 26.0. The van der Waals surface area contributed by atoms with Gasteiger partial charge in [0.15, 0.2) is 5.75 Å². The highest BCUT2D eigenvalue weighted by molar-refractivity contribution is 6.13. The van der Waals surface area contributed by atoms with Crippen molar-refractivity contribution in [3.05, 3.63) is 35.2 Å². The van der Waals surface area contributed by atoms with E-state index in [0.29, 0.717) is 0 Å². The Morgan fingerprint density at radius 1 is 0.829 bits per heavy atom. The quantitative estimate of drug-likeness (QED) is 0.147. The van der Waals surface area contributed by atoms with E-state index >= 15 is 0 Å². The van der Waals surface area contributed by atoms with Gasteiger partial charge in [-0.1, -0.05) is 0 Å². The van der Waals surface area contributed by atoms with Gasteiger partial charge in [0.25, 0.3) is 0 Å². The van der Waals surface area contributed by atoms with E-state index in [1.54, 1.807) is 0 Å². The highest BCUT2D eigenvalue weighted by atomic mass is 16.6. The Balaban J connectivity index is 2.68. The maximum Gasteiger partial charge on any atom is 0.341 e. The van der Waals surface area contributed by atoms with Gasteiger partial charge in [0.2, 0.25) is 0 Å². The molecule has 0 bridgehead atoms. The van der Waals surface area contributed by atoms with Crippen LogP contribution < -0.4 is 4.74 Å². The molecule has 1 unspecified atom stereocenters. The Morgan fingerprint density at radius 3 is 1.91 bits per heavy atom. The van der Waals surface area contributed by atoms with Crippen molar-refractivity contribution in [1.82, 2.24) is 4.40 Å². The first kappa shape index (κ1) is 27.7. The maximum atomic E-state index is 12.8. The number of aromatic nitrogens is 1. The average molecular weight is 498 g/mol. The molecule has 5 N–H and O–H groups in total. The van der Waals surface area contributed by atoms with Crippen molar-refractivity contribution in [2.75, 3.05) is 46.2 Å². The molecule has 191 valence electrons. The summed E-state index contributed by atoms with van der Waals surface area (Å²) >= 11 is 0. The van der Waals surface area contributed by atoms with Crippen molar-refractivity contribution >= 4 is 29.4 Å². The first-order chi connectivity index (χ1) is 16.8. The number of hydrogen-bond acceptors (Lipinski definition) is 13. The Morgan fingerprint density at radius 2 is 1.37 bits per heavy atom. The smallest absolute Gasteiger partial charge is 0.341 e. The second-order valence-corrected chi connectivity index (χ2v) is 6.76. The molecule has 0 aliphatic heterocycles. The fourth-order valence-electron chi connectivity index (χ4n) is 2.83. The number of aliphatic hydroxyl groups excluding tert-OH is 5. The summed E-state index contributed by atoms with van der Waals surface area (Å²) in [7, 11) is 0. The molecule has 2 rings (SSSR count). The van der Waals surface area contributed by atoms with E-state index in [1.165, 1.54) is 0 Å². The predicted octanol–water partition coefficient (Wildman–Crippen LogP) is -2.16. The minimum Gasteiger partial charge on any atom is -0.460 e. The number of hydrogen-bond donors (Lipinski definition) is 5. The van der Waals surface area contributed by atoms with E-state index in [4.69, 9.17) is 39.4 Å². The minimum absolute atomic E-state index is 0.187. The van der Waals surface area contributed by atoms with Crippen molar-refractivity contribution < 1.29 is 63.7 Å². The van der Waals surface area contributed by atoms with Gasteiger partial charge in [-0.3, -0.25) is 4.79 Å². The van der Waals surface area contributed by atoms with E-state index in [2.05, 4.69) is 6.07 Å². The summed E-state index contributed by atoms with van der Waals surface area (Å²) in [6, 6.07) is 2.57. The third kappa shape index (κ3) is 7.21. The van der Waals surface area contributed by atoms with E-state index in [0.717, 1.165) is 16.8 Å². The largest absolute Gasteiger partial charge is 0.460 e. The lowest BCUT2D eigenvalue weighted by atomic mass is 10.0. The Bertz CT molecular complexity index is 1060. The summed E-state index contributed by atoms with van der Waals surface area (Å²) < 4.78 is 20.8. The highest BCUT2D eigenvalue weighted by Crippen LogP contribution is 2.28. The number of aliphatic hydroxyl groups is 5. The molecule has 0 saturated heterocycles. The molecule has 0 aliphatic carbocycles. The van der Waals surface area contributed by atoms with Crippen LogP contribution in [-0.4, -0.2) is 106 Å². The third-order valence-corrected chi connectivity index (χ3v) is 4.22. The third-order valence-electron chi connectivity index (χ3n) is 4.22. The zero-order valence-corrected chi connectivity index (χ0v) is 18.3. The van der Waals surface area contributed by atoms with Gasteiger partial charge in [0, 0.05) is 6.20 Å². The van der Waals surface area contributed by atoms with E-state index < -0.39 is 99.3 Å². The predicted molar refractivity (Wildman–Crippen MR) is 112 cm³/mol. The molecule has 2 aromatic heterocycles. The van der Waals surface area contributed by atoms with Crippen molar-refractivity contribution in [2.45, 2.75) is 12.5 Å². The van der Waals surface area contributed by atoms with Crippen LogP contribution in [0.1, 0.15) is 37.5 Å². The molecule has 14 nitrogen and oxygen atoms in total. The zero-order valence-electron chi connectivity index (χ0n) is 18.3. The molecule has 2 heterocycles. The number of esters is 4. The maximum absolute atomic E-state index is 12.8. The molecule has 0 amide bonds. The number of pyridine rings is 1. The molecule has 0 fully saturated rings. The number of rotatable bonds is 13. The summed E-state index contributed by atoms with van der Waals surface area (Å²) in [5.74, 6) is -4.71. The van der Waals surface area contributed by atoms with Crippen LogP contribution in [0.5, 0.6) is 5.75 Å². The molecule has 0 aromatic carbocycles. The summed E-state index contributed by atoms with van der Waals surface area (Å²) in [5.41, 5.74) is -1.83. The summed E-state index contributed by atoms with van der Waals surface area (Å²) in [4.78, 5) is 50.2. The number of carbonyl (C=O) groups is 4. The minimum atomic E-state index is -1.37. The van der Waals surface area contributed by atoms with Gasteiger partial charge in [-0.15, -0.1) is 0 Å². The van der Waals surface area contributed by atoms with Gasteiger partial charge in [-0.2, -0.15) is 0 Å². The van der Waals surface area contributed by atoms with Crippen LogP contribution in [0.4, 0.5) is 0 Å². The first-order valence-corrected chi connectivity index (χ1v) is 10.2. The molecular formula is C21H24NO13. The standard InChI is InChI=1S/C21H24NO13/c23-1-4-32-19(29)14-10-22-9-13(35-16(28)7-12(27)11-26)8-15(22)18(21(31)34-6-3-25)17(14)20(30)33-5-2-24/h9-10,12,23-27H,1-7,11H2. The molecule has 35 heavy (non-hydrogen) atoms. The van der Waals surface area contributed by atoms with Gasteiger partial charge < -0.3 is 48.9 Å². The topological polar surface area (TPSA) is 211 Å². The van der Waals surface area contributed by atoms with Crippen molar-refractivity contribution in [3.63, 3.8) is 0 Å². The second-order valence-electron chi connectivity index (χ2n) is 6.76. The summed E-state index contributed by atoms with van der Waals surface area (Å²) in [5, 5.41) is 45.2. The van der Waals surface area contributed by atoms with Crippen molar-refractivity contribution in [3.8, 4) is 5.75 Å². The fraction of sp³-hybridized carbons (Fsp3) is 0.429. The Hall–Kier alpha value is -3.56. The molecule has 0 spiro atoms. The van der Waals surface area contributed by atoms with Crippen molar-refractivity contribution in [2.24, 2.45) is 0 Å². The van der Waals surface area contributed by atoms with Crippen LogP contribution in [0.2, 0.25) is 0 Å². The van der Waals surface area contributed by atoms with E-state index in [9.17, 15) is 24.3 Å². The van der Waals surface area contributed by atoms with Crippen LogP contribution in [-0.2, 0) is 19.0 Å². The van der Waals surface area contributed by atoms with Gasteiger partial charge in [0.05, 0.1) is 73.4 Å².